The van der Waals surface area contributed by atoms with Gasteiger partial charge in [-0.2, -0.15) is 0 Å². The van der Waals surface area contributed by atoms with E-state index in [0.29, 0.717) is 0 Å². The van der Waals surface area contributed by atoms with Gasteiger partial charge in [0, 0.05) is 16.8 Å². The van der Waals surface area contributed by atoms with E-state index in [-0.39, 0.29) is 0 Å². The third-order valence-electron chi connectivity index (χ3n) is 4.23. The maximum absolute atomic E-state index is 4.38. The standard InChI is InChI=1S/C21H23N/c1-4-5-9-20-15-19-8-6-7-10-21(19)22(20)17(3)18-13-11-16(2)12-14-18/h6-8,10-15H,3-5,9H2,1-2H3. The van der Waals surface area contributed by atoms with Crippen molar-refractivity contribution in [1.82, 2.24) is 4.57 Å². The second kappa shape index (κ2) is 6.23. The zero-order valence-corrected chi connectivity index (χ0v) is 13.5. The molecule has 1 heteroatoms. The SMILES string of the molecule is C=C(c1ccc(C)cc1)n1c(CCCC)cc2ccccc21. The maximum atomic E-state index is 4.38. The molecule has 0 N–H and O–H groups in total. The Bertz CT molecular complexity index is 790. The van der Waals surface area contributed by atoms with E-state index in [1.807, 2.05) is 0 Å². The first-order valence-electron chi connectivity index (χ1n) is 8.06. The van der Waals surface area contributed by atoms with Crippen molar-refractivity contribution in [2.75, 3.05) is 0 Å². The summed E-state index contributed by atoms with van der Waals surface area (Å²) in [4.78, 5) is 0. The minimum absolute atomic E-state index is 1.06. The molecule has 0 radical (unpaired) electrons. The molecular weight excluding hydrogens is 266 g/mol. The molecule has 0 bridgehead atoms. The molecule has 0 aliphatic carbocycles. The van der Waals surface area contributed by atoms with Crippen LogP contribution in [0.25, 0.3) is 16.6 Å². The zero-order valence-electron chi connectivity index (χ0n) is 13.5. The largest absolute Gasteiger partial charge is 0.314 e. The van der Waals surface area contributed by atoms with Gasteiger partial charge in [-0.1, -0.05) is 68.0 Å². The number of hydrogen-bond acceptors (Lipinski definition) is 0. The van der Waals surface area contributed by atoms with Crippen molar-refractivity contribution < 1.29 is 0 Å². The molecule has 22 heavy (non-hydrogen) atoms. The van der Waals surface area contributed by atoms with Crippen LogP contribution in [0.2, 0.25) is 0 Å². The summed E-state index contributed by atoms with van der Waals surface area (Å²) in [6.07, 6.45) is 3.51. The summed E-state index contributed by atoms with van der Waals surface area (Å²) in [5.74, 6) is 0. The molecule has 1 nitrogen and oxygen atoms in total. The Morgan fingerprint density at radius 2 is 1.77 bits per heavy atom. The van der Waals surface area contributed by atoms with E-state index in [1.165, 1.54) is 40.6 Å². The molecule has 0 spiro atoms. The van der Waals surface area contributed by atoms with E-state index in [2.05, 4.69) is 79.6 Å². The fraction of sp³-hybridized carbons (Fsp3) is 0.238. The lowest BCUT2D eigenvalue weighted by Crippen LogP contribution is -2.02. The van der Waals surface area contributed by atoms with Gasteiger partial charge in [0.15, 0.2) is 0 Å². The summed E-state index contributed by atoms with van der Waals surface area (Å²) in [5, 5.41) is 1.29. The number of nitrogens with zero attached hydrogens (tertiary/aromatic N) is 1. The molecule has 0 aliphatic rings. The Balaban J connectivity index is 2.10. The van der Waals surface area contributed by atoms with Crippen LogP contribution < -0.4 is 0 Å². The number of benzene rings is 2. The quantitative estimate of drug-likeness (QED) is 0.558. The molecule has 3 aromatic rings. The molecule has 0 amide bonds. The Morgan fingerprint density at radius 1 is 1.05 bits per heavy atom. The highest BCUT2D eigenvalue weighted by molar-refractivity contribution is 5.86. The predicted octanol–water partition coefficient (Wildman–Crippen LogP) is 5.81. The Hall–Kier alpha value is -2.28. The first kappa shape index (κ1) is 14.6. The lowest BCUT2D eigenvalue weighted by atomic mass is 10.1. The Kier molecular flexibility index (Phi) is 4.15. The smallest absolute Gasteiger partial charge is 0.0531 e. The fourth-order valence-corrected chi connectivity index (χ4v) is 2.95. The number of para-hydroxylation sites is 1. The molecule has 0 unspecified atom stereocenters. The van der Waals surface area contributed by atoms with Crippen LogP contribution in [0.15, 0.2) is 61.2 Å². The van der Waals surface area contributed by atoms with Crippen LogP contribution in [0.4, 0.5) is 0 Å². The minimum atomic E-state index is 1.06. The molecule has 112 valence electrons. The lowest BCUT2D eigenvalue weighted by Gasteiger charge is -2.14. The molecule has 0 saturated heterocycles. The van der Waals surface area contributed by atoms with Crippen molar-refractivity contribution in [1.29, 1.82) is 0 Å². The van der Waals surface area contributed by atoms with E-state index >= 15 is 0 Å². The zero-order chi connectivity index (χ0) is 15.5. The van der Waals surface area contributed by atoms with Gasteiger partial charge in [0.25, 0.3) is 0 Å². The Labute approximate surface area is 132 Å². The molecular formula is C21H23N. The summed E-state index contributed by atoms with van der Waals surface area (Å²) < 4.78 is 2.33. The third kappa shape index (κ3) is 2.71. The third-order valence-corrected chi connectivity index (χ3v) is 4.23. The highest BCUT2D eigenvalue weighted by Crippen LogP contribution is 2.27. The second-order valence-corrected chi connectivity index (χ2v) is 5.95. The van der Waals surface area contributed by atoms with E-state index in [1.54, 1.807) is 0 Å². The first-order chi connectivity index (χ1) is 10.7. The Morgan fingerprint density at radius 3 is 2.50 bits per heavy atom. The fourth-order valence-electron chi connectivity index (χ4n) is 2.95. The van der Waals surface area contributed by atoms with Gasteiger partial charge in [-0.25, -0.2) is 0 Å². The summed E-state index contributed by atoms with van der Waals surface area (Å²) in [6, 6.07) is 19.5. The van der Waals surface area contributed by atoms with Gasteiger partial charge in [-0.15, -0.1) is 0 Å². The van der Waals surface area contributed by atoms with Gasteiger partial charge in [-0.3, -0.25) is 0 Å². The van der Waals surface area contributed by atoms with Gasteiger partial charge in [0.2, 0.25) is 0 Å². The molecule has 2 aromatic carbocycles. The highest BCUT2D eigenvalue weighted by atomic mass is 15.0. The van der Waals surface area contributed by atoms with Crippen molar-refractivity contribution >= 4 is 16.6 Å². The number of rotatable bonds is 5. The second-order valence-electron chi connectivity index (χ2n) is 5.95. The van der Waals surface area contributed by atoms with E-state index < -0.39 is 0 Å². The van der Waals surface area contributed by atoms with Crippen LogP contribution in [0.3, 0.4) is 0 Å². The van der Waals surface area contributed by atoms with E-state index in [9.17, 15) is 0 Å². The number of aryl methyl sites for hydroxylation is 2. The van der Waals surface area contributed by atoms with Gasteiger partial charge < -0.3 is 4.57 Å². The van der Waals surface area contributed by atoms with Crippen LogP contribution in [0, 0.1) is 6.92 Å². The van der Waals surface area contributed by atoms with Crippen LogP contribution in [-0.2, 0) is 6.42 Å². The average Bonchev–Trinajstić information content (AvgIpc) is 2.91. The summed E-state index contributed by atoms with van der Waals surface area (Å²) in [7, 11) is 0. The lowest BCUT2D eigenvalue weighted by molar-refractivity contribution is 0.768. The van der Waals surface area contributed by atoms with Crippen LogP contribution in [0.1, 0.15) is 36.6 Å². The van der Waals surface area contributed by atoms with Gasteiger partial charge >= 0.3 is 0 Å². The van der Waals surface area contributed by atoms with Crippen LogP contribution >= 0.6 is 0 Å². The maximum Gasteiger partial charge on any atom is 0.0531 e. The van der Waals surface area contributed by atoms with Crippen molar-refractivity contribution in [2.24, 2.45) is 0 Å². The molecule has 3 rings (SSSR count). The molecule has 1 heterocycles. The van der Waals surface area contributed by atoms with E-state index in [4.69, 9.17) is 0 Å². The monoisotopic (exact) mass is 289 g/mol. The molecule has 0 saturated carbocycles. The minimum Gasteiger partial charge on any atom is -0.314 e. The predicted molar refractivity (Wildman–Crippen MR) is 96.2 cm³/mol. The topological polar surface area (TPSA) is 4.93 Å². The van der Waals surface area contributed by atoms with E-state index in [0.717, 1.165) is 12.1 Å². The van der Waals surface area contributed by atoms with Gasteiger partial charge in [0.05, 0.1) is 5.52 Å². The number of hydrogen-bond donors (Lipinski definition) is 0. The van der Waals surface area contributed by atoms with Crippen molar-refractivity contribution in [2.45, 2.75) is 33.1 Å². The van der Waals surface area contributed by atoms with Crippen LogP contribution in [0.5, 0.6) is 0 Å². The number of aromatic nitrogens is 1. The van der Waals surface area contributed by atoms with Crippen molar-refractivity contribution in [3.05, 3.63) is 78.0 Å². The summed E-state index contributed by atoms with van der Waals surface area (Å²) in [5.41, 5.74) is 6.13. The molecule has 0 fully saturated rings. The average molecular weight is 289 g/mol. The summed E-state index contributed by atoms with van der Waals surface area (Å²) >= 11 is 0. The molecule has 0 aliphatic heterocycles. The van der Waals surface area contributed by atoms with Crippen molar-refractivity contribution in [3.63, 3.8) is 0 Å². The van der Waals surface area contributed by atoms with Gasteiger partial charge in [-0.05, 0) is 37.5 Å². The van der Waals surface area contributed by atoms with Gasteiger partial charge in [0.1, 0.15) is 0 Å². The summed E-state index contributed by atoms with van der Waals surface area (Å²) in [6.45, 7) is 8.73. The molecule has 1 aromatic heterocycles. The van der Waals surface area contributed by atoms with Crippen molar-refractivity contribution in [3.8, 4) is 0 Å². The normalized spacial score (nSPS) is 11.0. The highest BCUT2D eigenvalue weighted by Gasteiger charge is 2.12. The first-order valence-corrected chi connectivity index (χ1v) is 8.06. The number of unbranched alkanes of at least 4 members (excludes halogenated alkanes) is 1. The number of fused-ring (bicyclic) bond motifs is 1. The van der Waals surface area contributed by atoms with Crippen LogP contribution in [-0.4, -0.2) is 4.57 Å². The molecule has 0 atom stereocenters.